The summed E-state index contributed by atoms with van der Waals surface area (Å²) in [5.74, 6) is 6.62. The minimum absolute atomic E-state index is 0.724. The third kappa shape index (κ3) is 2.30. The molecule has 0 radical (unpaired) electrons. The quantitative estimate of drug-likeness (QED) is 0.476. The average molecular weight is 329 g/mol. The molecule has 0 nitrogen and oxygen atoms in total. The van der Waals surface area contributed by atoms with E-state index in [9.17, 15) is 0 Å². The lowest BCUT2D eigenvalue weighted by molar-refractivity contribution is -0.115. The van der Waals surface area contributed by atoms with Crippen molar-refractivity contribution in [3.8, 4) is 0 Å². The zero-order valence-electron chi connectivity index (χ0n) is 16.4. The Kier molecular flexibility index (Phi) is 3.88. The smallest absolute Gasteiger partial charge is 0.0266 e. The van der Waals surface area contributed by atoms with E-state index in [0.717, 1.165) is 46.3 Å². The van der Waals surface area contributed by atoms with Crippen molar-refractivity contribution in [3.63, 3.8) is 0 Å². The molecule has 1 unspecified atom stereocenters. The van der Waals surface area contributed by atoms with Crippen molar-refractivity contribution in [2.24, 2.45) is 46.3 Å². The highest BCUT2D eigenvalue weighted by Crippen LogP contribution is 2.67. The first-order valence-corrected chi connectivity index (χ1v) is 11.6. The molecule has 136 valence electrons. The van der Waals surface area contributed by atoms with Crippen LogP contribution in [-0.4, -0.2) is 0 Å². The lowest BCUT2D eigenvalue weighted by Crippen LogP contribution is -2.53. The van der Waals surface area contributed by atoms with Crippen LogP contribution < -0.4 is 0 Å². The first kappa shape index (κ1) is 16.2. The highest BCUT2D eigenvalue weighted by atomic mass is 14.6. The van der Waals surface area contributed by atoms with Crippen molar-refractivity contribution in [3.05, 3.63) is 0 Å². The van der Waals surface area contributed by atoms with Crippen LogP contribution in [0.3, 0.4) is 0 Å². The van der Waals surface area contributed by atoms with Crippen LogP contribution in [0.15, 0.2) is 0 Å². The molecule has 7 atom stereocenters. The summed E-state index contributed by atoms with van der Waals surface area (Å²) in [7, 11) is 0. The minimum Gasteiger partial charge on any atom is -0.0594 e. The first-order chi connectivity index (χ1) is 11.6. The van der Waals surface area contributed by atoms with Gasteiger partial charge in [-0.3, -0.25) is 0 Å². The van der Waals surface area contributed by atoms with Crippen molar-refractivity contribution in [2.75, 3.05) is 0 Å². The highest BCUT2D eigenvalue weighted by Gasteiger charge is 2.58. The molecule has 0 bridgehead atoms. The lowest BCUT2D eigenvalue weighted by atomic mass is 9.44. The van der Waals surface area contributed by atoms with E-state index in [1.807, 2.05) is 0 Å². The Balaban J connectivity index is 1.35. The van der Waals surface area contributed by atoms with Gasteiger partial charge in [-0.1, -0.05) is 46.0 Å². The molecular formula is C24H40. The Bertz CT molecular complexity index is 474. The van der Waals surface area contributed by atoms with Crippen LogP contribution in [0, 0.1) is 46.3 Å². The summed E-state index contributed by atoms with van der Waals surface area (Å²) >= 11 is 0. The summed E-state index contributed by atoms with van der Waals surface area (Å²) in [4.78, 5) is 0. The molecule has 5 aliphatic carbocycles. The molecule has 0 amide bonds. The third-order valence-electron chi connectivity index (χ3n) is 10.6. The van der Waals surface area contributed by atoms with Gasteiger partial charge in [0.1, 0.15) is 0 Å². The standard InChI is InChI=1S/C24H40/c1-23-13-5-8-21(23)20-10-9-19-16-18(17-6-3-4-7-17)11-15-24(19,2)22(20)12-14-23/h17-22H,3-16H2,1-2H3/t18-,19?,20-,21-,22-,23-,24-/m0/s1. The maximum Gasteiger partial charge on any atom is -0.0266 e. The minimum atomic E-state index is 0.724. The second-order valence-corrected chi connectivity index (χ2v) is 11.3. The molecule has 0 saturated heterocycles. The SMILES string of the molecule is C[C@@]12CCC[C@H]1[C@@H]1CCC3C[C@@H](C4CCCC4)CC[C@]3(C)[C@H]1CC2. The van der Waals surface area contributed by atoms with Crippen LogP contribution in [0.1, 0.15) is 104 Å². The van der Waals surface area contributed by atoms with Gasteiger partial charge in [-0.15, -0.1) is 0 Å². The summed E-state index contributed by atoms with van der Waals surface area (Å²) in [6, 6.07) is 0. The molecule has 0 aromatic heterocycles. The van der Waals surface area contributed by atoms with Crippen molar-refractivity contribution in [1.82, 2.24) is 0 Å². The van der Waals surface area contributed by atoms with Crippen LogP contribution in [0.4, 0.5) is 0 Å². The van der Waals surface area contributed by atoms with Crippen molar-refractivity contribution >= 4 is 0 Å². The Morgan fingerprint density at radius 3 is 2.29 bits per heavy atom. The molecule has 5 rings (SSSR count). The summed E-state index contributed by atoms with van der Waals surface area (Å²) < 4.78 is 0. The number of hydrogen-bond acceptors (Lipinski definition) is 0. The van der Waals surface area contributed by atoms with Crippen LogP contribution in [0.25, 0.3) is 0 Å². The van der Waals surface area contributed by atoms with Gasteiger partial charge in [-0.05, 0) is 104 Å². The molecule has 5 aliphatic rings. The molecule has 5 fully saturated rings. The van der Waals surface area contributed by atoms with Gasteiger partial charge in [0.15, 0.2) is 0 Å². The maximum atomic E-state index is 2.76. The molecule has 24 heavy (non-hydrogen) atoms. The fourth-order valence-electron chi connectivity index (χ4n) is 9.14. The molecule has 0 aliphatic heterocycles. The molecule has 0 spiro atoms. The van der Waals surface area contributed by atoms with Gasteiger partial charge in [0, 0.05) is 0 Å². The van der Waals surface area contributed by atoms with E-state index in [0.29, 0.717) is 0 Å². The largest absolute Gasteiger partial charge is 0.0594 e. The first-order valence-electron chi connectivity index (χ1n) is 11.6. The van der Waals surface area contributed by atoms with E-state index in [4.69, 9.17) is 0 Å². The Hall–Kier alpha value is 0. The second kappa shape index (κ2) is 5.75. The van der Waals surface area contributed by atoms with Crippen molar-refractivity contribution < 1.29 is 0 Å². The Labute approximate surface area is 150 Å². The zero-order chi connectivity index (χ0) is 16.4. The van der Waals surface area contributed by atoms with E-state index < -0.39 is 0 Å². The number of hydrogen-bond donors (Lipinski definition) is 0. The van der Waals surface area contributed by atoms with Gasteiger partial charge in [-0.2, -0.15) is 0 Å². The van der Waals surface area contributed by atoms with Crippen LogP contribution in [-0.2, 0) is 0 Å². The van der Waals surface area contributed by atoms with E-state index >= 15 is 0 Å². The van der Waals surface area contributed by atoms with E-state index in [1.165, 1.54) is 19.3 Å². The van der Waals surface area contributed by atoms with Gasteiger partial charge < -0.3 is 0 Å². The normalized spacial score (nSPS) is 55.0. The fraction of sp³-hybridized carbons (Fsp3) is 1.00. The third-order valence-corrected chi connectivity index (χ3v) is 10.6. The van der Waals surface area contributed by atoms with E-state index in [1.54, 1.807) is 70.6 Å². The molecule has 0 heterocycles. The molecule has 0 heteroatoms. The highest BCUT2D eigenvalue weighted by molar-refractivity contribution is 5.07. The van der Waals surface area contributed by atoms with Gasteiger partial charge in [-0.25, -0.2) is 0 Å². The molecule has 0 N–H and O–H groups in total. The molecule has 5 saturated carbocycles. The predicted octanol–water partition coefficient (Wildman–Crippen LogP) is 7.23. The lowest BCUT2D eigenvalue weighted by Gasteiger charge is -2.61. The van der Waals surface area contributed by atoms with E-state index in [-0.39, 0.29) is 0 Å². The summed E-state index contributed by atoms with van der Waals surface area (Å²) in [5, 5.41) is 0. The van der Waals surface area contributed by atoms with Crippen LogP contribution >= 0.6 is 0 Å². The molecular weight excluding hydrogens is 288 g/mol. The summed E-state index contributed by atoms with van der Waals surface area (Å²) in [6.45, 7) is 5.42. The zero-order valence-corrected chi connectivity index (χ0v) is 16.4. The van der Waals surface area contributed by atoms with Gasteiger partial charge in [0.05, 0.1) is 0 Å². The van der Waals surface area contributed by atoms with Crippen molar-refractivity contribution in [2.45, 2.75) is 104 Å². The van der Waals surface area contributed by atoms with Gasteiger partial charge in [0.2, 0.25) is 0 Å². The van der Waals surface area contributed by atoms with Crippen molar-refractivity contribution in [1.29, 1.82) is 0 Å². The monoisotopic (exact) mass is 328 g/mol. The second-order valence-electron chi connectivity index (χ2n) is 11.3. The predicted molar refractivity (Wildman–Crippen MR) is 102 cm³/mol. The fourth-order valence-corrected chi connectivity index (χ4v) is 9.14. The molecule has 0 aromatic carbocycles. The topological polar surface area (TPSA) is 0 Å². The van der Waals surface area contributed by atoms with E-state index in [2.05, 4.69) is 13.8 Å². The van der Waals surface area contributed by atoms with Crippen LogP contribution in [0.5, 0.6) is 0 Å². The van der Waals surface area contributed by atoms with Gasteiger partial charge in [0.25, 0.3) is 0 Å². The van der Waals surface area contributed by atoms with Gasteiger partial charge >= 0.3 is 0 Å². The Morgan fingerprint density at radius 1 is 0.625 bits per heavy atom. The molecule has 0 aromatic rings. The van der Waals surface area contributed by atoms with Crippen LogP contribution in [0.2, 0.25) is 0 Å². The number of rotatable bonds is 1. The average Bonchev–Trinajstić information content (AvgIpc) is 3.23. The summed E-state index contributed by atoms with van der Waals surface area (Å²) in [5.41, 5.74) is 1.47. The summed E-state index contributed by atoms with van der Waals surface area (Å²) in [6.07, 6.45) is 22.0. The Morgan fingerprint density at radius 2 is 1.46 bits per heavy atom. The maximum absolute atomic E-state index is 2.76. The number of fused-ring (bicyclic) bond motifs is 5.